The van der Waals surface area contributed by atoms with Gasteiger partial charge in [-0.25, -0.2) is 4.68 Å². The molecule has 0 aliphatic rings. The molecule has 0 fully saturated rings. The summed E-state index contributed by atoms with van der Waals surface area (Å²) in [5, 5.41) is 9.40. The van der Waals surface area contributed by atoms with Gasteiger partial charge in [0.1, 0.15) is 12.2 Å². The minimum atomic E-state index is -0.452. The molecule has 0 atom stereocenters. The second kappa shape index (κ2) is 7.56. The van der Waals surface area contributed by atoms with Crippen molar-refractivity contribution in [1.29, 1.82) is 0 Å². The van der Waals surface area contributed by atoms with Crippen LogP contribution in [0, 0.1) is 18.3 Å². The molecule has 0 bridgehead atoms. The Kier molecular flexibility index (Phi) is 6.07. The number of carbonyl (C=O) groups excluding carboxylic acids is 1. The van der Waals surface area contributed by atoms with Crippen LogP contribution in [0.1, 0.15) is 13.8 Å². The fraction of sp³-hybridized carbons (Fsp3) is 0.462. The monoisotopic (exact) mass is 296 g/mol. The fourth-order valence-electron chi connectivity index (χ4n) is 1.38. The summed E-state index contributed by atoms with van der Waals surface area (Å²) in [6, 6.07) is 0. The highest BCUT2D eigenvalue weighted by Gasteiger charge is 2.11. The van der Waals surface area contributed by atoms with Crippen LogP contribution in [0.15, 0.2) is 11.0 Å². The summed E-state index contributed by atoms with van der Waals surface area (Å²) < 4.78 is 1.10. The van der Waals surface area contributed by atoms with Gasteiger partial charge in [0.2, 0.25) is 5.91 Å². The molecular formula is C13H17ClN4O2. The van der Waals surface area contributed by atoms with E-state index < -0.39 is 5.56 Å². The summed E-state index contributed by atoms with van der Waals surface area (Å²) in [5.74, 6) is 2.46. The maximum Gasteiger partial charge on any atom is 0.292 e. The molecule has 1 aromatic rings. The SMILES string of the molecule is C#CCn1ncc(Cl)c(NCC(=O)NCC(C)C)c1=O. The van der Waals surface area contributed by atoms with Crippen molar-refractivity contribution in [2.24, 2.45) is 5.92 Å². The number of anilines is 1. The fourth-order valence-corrected chi connectivity index (χ4v) is 1.57. The number of nitrogens with one attached hydrogen (secondary N) is 2. The maximum absolute atomic E-state index is 12.0. The van der Waals surface area contributed by atoms with Crippen molar-refractivity contribution in [2.75, 3.05) is 18.4 Å². The molecule has 0 aliphatic heterocycles. The smallest absolute Gasteiger partial charge is 0.292 e. The first-order valence-electron chi connectivity index (χ1n) is 6.15. The molecule has 1 heterocycles. The van der Waals surface area contributed by atoms with E-state index in [4.69, 9.17) is 18.0 Å². The maximum atomic E-state index is 12.0. The lowest BCUT2D eigenvalue weighted by molar-refractivity contribution is -0.119. The van der Waals surface area contributed by atoms with E-state index in [1.165, 1.54) is 6.20 Å². The summed E-state index contributed by atoms with van der Waals surface area (Å²) in [4.78, 5) is 23.6. The number of nitrogens with zero attached hydrogens (tertiary/aromatic N) is 2. The highest BCUT2D eigenvalue weighted by Crippen LogP contribution is 2.14. The van der Waals surface area contributed by atoms with Gasteiger partial charge in [-0.2, -0.15) is 5.10 Å². The van der Waals surface area contributed by atoms with E-state index in [1.807, 2.05) is 13.8 Å². The summed E-state index contributed by atoms with van der Waals surface area (Å²) in [6.45, 7) is 4.57. The molecule has 2 N–H and O–H groups in total. The summed E-state index contributed by atoms with van der Waals surface area (Å²) in [5.41, 5.74) is -0.330. The molecule has 0 saturated carbocycles. The number of hydrogen-bond donors (Lipinski definition) is 2. The lowest BCUT2D eigenvalue weighted by Crippen LogP contribution is -2.34. The molecule has 108 valence electrons. The zero-order valence-corrected chi connectivity index (χ0v) is 12.2. The van der Waals surface area contributed by atoms with E-state index in [9.17, 15) is 9.59 Å². The molecule has 1 aromatic heterocycles. The zero-order chi connectivity index (χ0) is 15.1. The minimum Gasteiger partial charge on any atom is -0.370 e. The standard InChI is InChI=1S/C13H17ClN4O2/c1-4-5-18-13(20)12(10(14)7-17-18)16-8-11(19)15-6-9(2)3/h1,7,9,16H,5-6,8H2,2-3H3,(H,15,19). The number of aromatic nitrogens is 2. The third kappa shape index (κ3) is 4.59. The Hall–Kier alpha value is -2.00. The predicted molar refractivity (Wildman–Crippen MR) is 78.7 cm³/mol. The average molecular weight is 297 g/mol. The van der Waals surface area contributed by atoms with E-state index in [0.29, 0.717) is 12.5 Å². The molecule has 0 aliphatic carbocycles. The van der Waals surface area contributed by atoms with Crippen LogP contribution in [0.4, 0.5) is 5.69 Å². The van der Waals surface area contributed by atoms with Gasteiger partial charge in [-0.05, 0) is 5.92 Å². The second-order valence-electron chi connectivity index (χ2n) is 4.59. The molecule has 20 heavy (non-hydrogen) atoms. The van der Waals surface area contributed by atoms with Crippen molar-refractivity contribution in [3.05, 3.63) is 21.6 Å². The van der Waals surface area contributed by atoms with Gasteiger partial charge in [-0.3, -0.25) is 9.59 Å². The van der Waals surface area contributed by atoms with Gasteiger partial charge in [0.05, 0.1) is 17.8 Å². The summed E-state index contributed by atoms with van der Waals surface area (Å²) in [7, 11) is 0. The minimum absolute atomic E-state index is 0.0399. The van der Waals surface area contributed by atoms with Crippen LogP contribution >= 0.6 is 11.6 Å². The van der Waals surface area contributed by atoms with Crippen LogP contribution in [0.5, 0.6) is 0 Å². The molecule has 1 amide bonds. The zero-order valence-electron chi connectivity index (χ0n) is 11.4. The van der Waals surface area contributed by atoms with Crippen LogP contribution < -0.4 is 16.2 Å². The Bertz CT molecular complexity index is 575. The van der Waals surface area contributed by atoms with Crippen LogP contribution in [0.25, 0.3) is 0 Å². The van der Waals surface area contributed by atoms with Crippen molar-refractivity contribution in [1.82, 2.24) is 15.1 Å². The molecule has 0 saturated heterocycles. The lowest BCUT2D eigenvalue weighted by Gasteiger charge is -2.10. The topological polar surface area (TPSA) is 76.0 Å². The van der Waals surface area contributed by atoms with E-state index in [2.05, 4.69) is 21.7 Å². The number of terminal acetylenes is 1. The van der Waals surface area contributed by atoms with Crippen molar-refractivity contribution in [2.45, 2.75) is 20.4 Å². The quantitative estimate of drug-likeness (QED) is 0.758. The average Bonchev–Trinajstić information content (AvgIpc) is 2.39. The number of rotatable bonds is 6. The van der Waals surface area contributed by atoms with Gasteiger partial charge < -0.3 is 10.6 Å². The van der Waals surface area contributed by atoms with Crippen molar-refractivity contribution in [3.8, 4) is 12.3 Å². The number of amides is 1. The van der Waals surface area contributed by atoms with Crippen molar-refractivity contribution >= 4 is 23.2 Å². The van der Waals surface area contributed by atoms with Crippen LogP contribution in [-0.4, -0.2) is 28.8 Å². The third-order valence-electron chi connectivity index (χ3n) is 2.37. The van der Waals surface area contributed by atoms with E-state index in [1.54, 1.807) is 0 Å². The third-order valence-corrected chi connectivity index (χ3v) is 2.66. The van der Waals surface area contributed by atoms with Gasteiger partial charge >= 0.3 is 0 Å². The van der Waals surface area contributed by atoms with Gasteiger partial charge in [0, 0.05) is 6.54 Å². The summed E-state index contributed by atoms with van der Waals surface area (Å²) >= 11 is 5.89. The second-order valence-corrected chi connectivity index (χ2v) is 4.99. The number of carbonyl (C=O) groups is 1. The Morgan fingerprint density at radius 2 is 2.30 bits per heavy atom. The predicted octanol–water partition coefficient (Wildman–Crippen LogP) is 0.714. The lowest BCUT2D eigenvalue weighted by atomic mass is 10.2. The molecule has 0 aromatic carbocycles. The van der Waals surface area contributed by atoms with Crippen LogP contribution in [0.2, 0.25) is 5.02 Å². The number of halogens is 1. The van der Waals surface area contributed by atoms with Gasteiger partial charge in [-0.1, -0.05) is 31.4 Å². The van der Waals surface area contributed by atoms with Gasteiger partial charge in [0.25, 0.3) is 5.56 Å². The summed E-state index contributed by atoms with van der Waals surface area (Å²) in [6.07, 6.45) is 6.45. The Labute approximate surface area is 122 Å². The molecule has 1 rings (SSSR count). The largest absolute Gasteiger partial charge is 0.370 e. The Balaban J connectivity index is 2.73. The van der Waals surface area contributed by atoms with Gasteiger partial charge in [0.15, 0.2) is 0 Å². The van der Waals surface area contributed by atoms with Crippen LogP contribution in [0.3, 0.4) is 0 Å². The van der Waals surface area contributed by atoms with Gasteiger partial charge in [-0.15, -0.1) is 6.42 Å². The molecule has 7 heteroatoms. The molecule has 0 spiro atoms. The first-order valence-corrected chi connectivity index (χ1v) is 6.53. The molecule has 0 unspecified atom stereocenters. The van der Waals surface area contributed by atoms with Crippen LogP contribution in [-0.2, 0) is 11.3 Å². The Morgan fingerprint density at radius 1 is 1.60 bits per heavy atom. The number of hydrogen-bond acceptors (Lipinski definition) is 4. The normalized spacial score (nSPS) is 10.2. The highest BCUT2D eigenvalue weighted by molar-refractivity contribution is 6.33. The first kappa shape index (κ1) is 16.1. The Morgan fingerprint density at radius 3 is 2.90 bits per heavy atom. The van der Waals surface area contributed by atoms with E-state index in [-0.39, 0.29) is 29.7 Å². The van der Waals surface area contributed by atoms with Crippen molar-refractivity contribution < 1.29 is 4.79 Å². The highest BCUT2D eigenvalue weighted by atomic mass is 35.5. The molecular weight excluding hydrogens is 280 g/mol. The van der Waals surface area contributed by atoms with E-state index >= 15 is 0 Å². The van der Waals surface area contributed by atoms with E-state index in [0.717, 1.165) is 4.68 Å². The molecule has 0 radical (unpaired) electrons. The first-order chi connectivity index (χ1) is 9.45. The molecule has 6 nitrogen and oxygen atoms in total. The van der Waals surface area contributed by atoms with Crippen molar-refractivity contribution in [3.63, 3.8) is 0 Å².